The average Bonchev–Trinajstić information content (AvgIpc) is 2.92. The van der Waals surface area contributed by atoms with E-state index in [0.29, 0.717) is 17.1 Å². The van der Waals surface area contributed by atoms with E-state index in [4.69, 9.17) is 0 Å². The highest BCUT2D eigenvalue weighted by molar-refractivity contribution is 7.99. The normalized spacial score (nSPS) is 25.3. The molecule has 136 valence electrons. The predicted molar refractivity (Wildman–Crippen MR) is 94.3 cm³/mol. The summed E-state index contributed by atoms with van der Waals surface area (Å²) in [6.07, 6.45) is 2.17. The second-order valence-corrected chi connectivity index (χ2v) is 8.75. The molecule has 1 heterocycles. The molecule has 2 aliphatic rings. The van der Waals surface area contributed by atoms with E-state index in [1.54, 1.807) is 0 Å². The number of halogens is 2. The van der Waals surface area contributed by atoms with Crippen LogP contribution in [-0.2, 0) is 5.41 Å². The van der Waals surface area contributed by atoms with Gasteiger partial charge in [0.25, 0.3) is 0 Å². The molecule has 1 aromatic carbocycles. The number of rotatable bonds is 4. The number of fused-ring (bicyclic) bond motifs is 5. The summed E-state index contributed by atoms with van der Waals surface area (Å²) >= 11 is 1.13. The number of carbonyl (C=O) groups is 1. The Morgan fingerprint density at radius 1 is 1.27 bits per heavy atom. The zero-order valence-corrected chi connectivity index (χ0v) is 15.7. The topological polar surface area (TPSA) is 55.7 Å². The molecular weight excluding hydrogens is 356 g/mol. The van der Waals surface area contributed by atoms with Crippen molar-refractivity contribution in [3.8, 4) is 0 Å². The van der Waals surface area contributed by atoms with Crippen LogP contribution >= 0.6 is 11.8 Å². The average molecular weight is 375 g/mol. The second kappa shape index (κ2) is 5.81. The molecule has 26 heavy (non-hydrogen) atoms. The maximum absolute atomic E-state index is 13.7. The van der Waals surface area contributed by atoms with E-state index >= 15 is 0 Å². The number of benzene rings is 1. The molecule has 2 atom stereocenters. The number of carbonyl (C=O) groups excluding carboxylic acids is 1. The van der Waals surface area contributed by atoms with Crippen LogP contribution in [-0.4, -0.2) is 26.7 Å². The van der Waals surface area contributed by atoms with Gasteiger partial charge in [0, 0.05) is 17.4 Å². The van der Waals surface area contributed by atoms with Gasteiger partial charge in [-0.3, -0.25) is 4.79 Å². The quantitative estimate of drug-likeness (QED) is 0.589. The molecule has 2 bridgehead atoms. The Bertz CT molecular complexity index is 918. The van der Waals surface area contributed by atoms with Crippen LogP contribution in [0.5, 0.6) is 0 Å². The molecule has 7 heteroatoms. The van der Waals surface area contributed by atoms with Crippen molar-refractivity contribution in [1.29, 1.82) is 0 Å². The van der Waals surface area contributed by atoms with Gasteiger partial charge in [-0.2, -0.15) is 5.10 Å². The molecule has 4 rings (SSSR count). The highest BCUT2D eigenvalue weighted by atomic mass is 32.2. The molecule has 0 aliphatic heterocycles. The maximum atomic E-state index is 13.7. The Balaban J connectivity index is 1.54. The van der Waals surface area contributed by atoms with Crippen LogP contribution in [0.1, 0.15) is 61.3 Å². The summed E-state index contributed by atoms with van der Waals surface area (Å²) in [5.74, 6) is -1.63. The fourth-order valence-corrected chi connectivity index (χ4v) is 5.02. The summed E-state index contributed by atoms with van der Waals surface area (Å²) in [5, 5.41) is 8.98. The Morgan fingerprint density at radius 3 is 2.77 bits per heavy atom. The molecule has 0 N–H and O–H groups in total. The highest BCUT2D eigenvalue weighted by Crippen LogP contribution is 2.66. The monoisotopic (exact) mass is 375 g/mol. The van der Waals surface area contributed by atoms with Gasteiger partial charge in [0.2, 0.25) is 5.16 Å². The van der Waals surface area contributed by atoms with Crippen molar-refractivity contribution in [3.63, 3.8) is 0 Å². The van der Waals surface area contributed by atoms with E-state index in [1.165, 1.54) is 0 Å². The van der Waals surface area contributed by atoms with E-state index in [2.05, 4.69) is 36.0 Å². The van der Waals surface area contributed by atoms with Gasteiger partial charge in [0.05, 0.1) is 22.7 Å². The van der Waals surface area contributed by atoms with E-state index in [9.17, 15) is 13.6 Å². The smallest absolute Gasteiger partial charge is 0.209 e. The van der Waals surface area contributed by atoms with E-state index in [0.717, 1.165) is 48.1 Å². The van der Waals surface area contributed by atoms with Gasteiger partial charge in [-0.15, -0.1) is 5.10 Å². The van der Waals surface area contributed by atoms with Crippen LogP contribution in [0.4, 0.5) is 8.78 Å². The zero-order valence-electron chi connectivity index (χ0n) is 14.8. The number of aromatic nitrogens is 3. The second-order valence-electron chi connectivity index (χ2n) is 7.81. The van der Waals surface area contributed by atoms with Gasteiger partial charge in [0.1, 0.15) is 11.6 Å². The van der Waals surface area contributed by atoms with Gasteiger partial charge in [-0.05, 0) is 30.4 Å². The Morgan fingerprint density at radius 2 is 2.04 bits per heavy atom. The number of thioether (sulfide) groups is 1. The summed E-state index contributed by atoms with van der Waals surface area (Å²) in [6, 6.07) is 2.96. The summed E-state index contributed by atoms with van der Waals surface area (Å²) < 4.78 is 26.7. The molecule has 2 aliphatic carbocycles. The van der Waals surface area contributed by atoms with Crippen molar-refractivity contribution in [2.24, 2.45) is 5.41 Å². The van der Waals surface area contributed by atoms with Crippen molar-refractivity contribution in [1.82, 2.24) is 15.2 Å². The molecule has 2 unspecified atom stereocenters. The maximum Gasteiger partial charge on any atom is 0.209 e. The van der Waals surface area contributed by atoms with Crippen LogP contribution in [0, 0.1) is 17.0 Å². The first-order valence-electron chi connectivity index (χ1n) is 8.60. The van der Waals surface area contributed by atoms with Crippen LogP contribution in [0.25, 0.3) is 0 Å². The molecule has 1 saturated carbocycles. The number of Topliss-reactive ketones (excluding diaryl/α,β-unsaturated/α-hetero) is 1. The van der Waals surface area contributed by atoms with Gasteiger partial charge < -0.3 is 0 Å². The first-order chi connectivity index (χ1) is 12.2. The Hall–Kier alpha value is -1.89. The minimum absolute atomic E-state index is 0.0213. The lowest BCUT2D eigenvalue weighted by molar-refractivity contribution is 0.101. The fourth-order valence-electron chi connectivity index (χ4n) is 4.35. The Labute approximate surface area is 154 Å². The minimum atomic E-state index is -0.852. The molecule has 4 nitrogen and oxygen atoms in total. The van der Waals surface area contributed by atoms with E-state index < -0.39 is 17.4 Å². The SMILES string of the molecule is CC12CCC(c3nnc(SCC(=O)c4ccc(F)cc4F)nc31)C2(C)C. The standard InChI is InChI=1S/C19H19F2N3OS/c1-18(2)12-6-7-19(18,3)16-15(12)23-24-17(22-16)26-9-14(25)11-5-4-10(20)8-13(11)21/h4-5,8,12H,6-7,9H2,1-3H3. The van der Waals surface area contributed by atoms with Crippen molar-refractivity contribution < 1.29 is 13.6 Å². The molecule has 1 fully saturated rings. The summed E-state index contributed by atoms with van der Waals surface area (Å²) in [7, 11) is 0. The largest absolute Gasteiger partial charge is 0.293 e. The number of ketones is 1. The van der Waals surface area contributed by atoms with Gasteiger partial charge >= 0.3 is 0 Å². The Kier molecular flexibility index (Phi) is 3.91. The third kappa shape index (κ3) is 2.40. The lowest BCUT2D eigenvalue weighted by Crippen LogP contribution is -2.32. The lowest BCUT2D eigenvalue weighted by Gasteiger charge is -2.33. The molecule has 0 radical (unpaired) electrons. The number of nitrogens with zero attached hydrogens (tertiary/aromatic N) is 3. The minimum Gasteiger partial charge on any atom is -0.293 e. The molecule has 2 aromatic rings. The van der Waals surface area contributed by atoms with Crippen LogP contribution in [0.3, 0.4) is 0 Å². The molecule has 0 saturated heterocycles. The lowest BCUT2D eigenvalue weighted by atomic mass is 9.70. The molecule has 1 aromatic heterocycles. The van der Waals surface area contributed by atoms with Crippen molar-refractivity contribution in [3.05, 3.63) is 46.8 Å². The molecule has 0 amide bonds. The van der Waals surface area contributed by atoms with Gasteiger partial charge in [-0.1, -0.05) is 32.5 Å². The summed E-state index contributed by atoms with van der Waals surface area (Å²) in [4.78, 5) is 16.9. The third-order valence-electron chi connectivity index (χ3n) is 6.34. The van der Waals surface area contributed by atoms with Crippen LogP contribution in [0.15, 0.2) is 23.4 Å². The first kappa shape index (κ1) is 17.5. The predicted octanol–water partition coefficient (Wildman–Crippen LogP) is 4.30. The number of hydrogen-bond donors (Lipinski definition) is 0. The van der Waals surface area contributed by atoms with Crippen molar-refractivity contribution in [2.75, 3.05) is 5.75 Å². The van der Waals surface area contributed by atoms with E-state index in [1.807, 2.05) is 0 Å². The third-order valence-corrected chi connectivity index (χ3v) is 7.17. The van der Waals surface area contributed by atoms with Gasteiger partial charge in [-0.25, -0.2) is 13.8 Å². The van der Waals surface area contributed by atoms with Crippen LogP contribution in [0.2, 0.25) is 0 Å². The van der Waals surface area contributed by atoms with Crippen LogP contribution < -0.4 is 0 Å². The van der Waals surface area contributed by atoms with Crippen molar-refractivity contribution >= 4 is 17.5 Å². The molecule has 0 spiro atoms. The summed E-state index contributed by atoms with van der Waals surface area (Å²) in [5.41, 5.74) is 1.89. The highest BCUT2D eigenvalue weighted by Gasteiger charge is 2.61. The summed E-state index contributed by atoms with van der Waals surface area (Å²) in [6.45, 7) is 6.73. The number of hydrogen-bond acceptors (Lipinski definition) is 5. The molecular formula is C19H19F2N3OS. The first-order valence-corrected chi connectivity index (χ1v) is 9.59. The zero-order chi connectivity index (χ0) is 18.7. The van der Waals surface area contributed by atoms with Crippen molar-refractivity contribution in [2.45, 2.75) is 50.1 Å². The van der Waals surface area contributed by atoms with E-state index in [-0.39, 0.29) is 22.1 Å². The van der Waals surface area contributed by atoms with Gasteiger partial charge in [0.15, 0.2) is 5.78 Å². The fraction of sp³-hybridized carbons (Fsp3) is 0.474.